The molecule has 1 unspecified atom stereocenters. The van der Waals surface area contributed by atoms with Crippen molar-refractivity contribution in [3.63, 3.8) is 0 Å². The molecule has 21 heavy (non-hydrogen) atoms. The molecule has 3 aromatic rings. The van der Waals surface area contributed by atoms with Gasteiger partial charge in [-0.25, -0.2) is 0 Å². The van der Waals surface area contributed by atoms with Crippen LogP contribution in [0.25, 0.3) is 10.9 Å². The van der Waals surface area contributed by atoms with Crippen molar-refractivity contribution in [3.8, 4) is 0 Å². The van der Waals surface area contributed by atoms with Crippen LogP contribution in [-0.4, -0.2) is 21.5 Å². The Balaban J connectivity index is 1.73. The van der Waals surface area contributed by atoms with Crippen molar-refractivity contribution in [2.75, 3.05) is 0 Å². The number of fused-ring (bicyclic) bond motifs is 1. The Bertz CT molecular complexity index is 768. The zero-order valence-corrected chi connectivity index (χ0v) is 12.3. The van der Waals surface area contributed by atoms with E-state index in [1.807, 2.05) is 24.4 Å². The predicted octanol–water partition coefficient (Wildman–Crippen LogP) is 3.35. The van der Waals surface area contributed by atoms with E-state index in [-0.39, 0.29) is 11.6 Å². The van der Waals surface area contributed by atoms with E-state index in [0.29, 0.717) is 11.4 Å². The Hall–Kier alpha value is -1.98. The Labute approximate surface area is 130 Å². The van der Waals surface area contributed by atoms with Gasteiger partial charge in [0, 0.05) is 34.6 Å². The number of nitrogens with one attached hydrogen (secondary N) is 2. The van der Waals surface area contributed by atoms with Crippen LogP contribution >= 0.6 is 23.2 Å². The minimum Gasteiger partial charge on any atom is -0.364 e. The zero-order valence-electron chi connectivity index (χ0n) is 10.8. The summed E-state index contributed by atoms with van der Waals surface area (Å²) in [7, 11) is 0. The first-order chi connectivity index (χ1) is 10.1. The molecule has 2 aromatic heterocycles. The number of benzene rings is 1. The number of aromatic amines is 1. The highest BCUT2D eigenvalue weighted by Gasteiger charge is 2.15. The minimum absolute atomic E-state index is 0.197. The lowest BCUT2D eigenvalue weighted by Gasteiger charge is -2.10. The normalized spacial score (nSPS) is 12.5. The van der Waals surface area contributed by atoms with Crippen molar-refractivity contribution in [2.45, 2.75) is 11.9 Å². The van der Waals surface area contributed by atoms with Gasteiger partial charge in [0.2, 0.25) is 0 Å². The molecule has 0 aliphatic heterocycles. The van der Waals surface area contributed by atoms with Crippen LogP contribution in [0.2, 0.25) is 5.02 Å². The number of hydrogen-bond acceptors (Lipinski definition) is 3. The van der Waals surface area contributed by atoms with Crippen molar-refractivity contribution < 1.29 is 9.32 Å². The molecule has 0 spiro atoms. The monoisotopic (exact) mass is 323 g/mol. The Morgan fingerprint density at radius 2 is 2.29 bits per heavy atom. The van der Waals surface area contributed by atoms with Gasteiger partial charge in [-0.1, -0.05) is 28.4 Å². The summed E-state index contributed by atoms with van der Waals surface area (Å²) < 4.78 is 4.62. The first-order valence-corrected chi connectivity index (χ1v) is 7.06. The molecular formula is C14H11Cl2N3O2. The van der Waals surface area contributed by atoms with E-state index in [2.05, 4.69) is 20.0 Å². The van der Waals surface area contributed by atoms with E-state index >= 15 is 0 Å². The maximum atomic E-state index is 11.8. The van der Waals surface area contributed by atoms with Gasteiger partial charge in [-0.15, -0.1) is 0 Å². The molecule has 2 N–H and O–H groups in total. The molecule has 3 rings (SSSR count). The quantitative estimate of drug-likeness (QED) is 0.571. The average Bonchev–Trinajstić information content (AvgIpc) is 3.09. The van der Waals surface area contributed by atoms with E-state index < -0.39 is 5.50 Å². The second-order valence-corrected chi connectivity index (χ2v) is 5.50. The third kappa shape index (κ3) is 3.04. The van der Waals surface area contributed by atoms with Gasteiger partial charge in [0.15, 0.2) is 5.69 Å². The van der Waals surface area contributed by atoms with Crippen LogP contribution in [0.1, 0.15) is 16.1 Å². The van der Waals surface area contributed by atoms with Gasteiger partial charge in [0.25, 0.3) is 5.91 Å². The van der Waals surface area contributed by atoms with Crippen LogP contribution in [-0.2, 0) is 6.42 Å². The van der Waals surface area contributed by atoms with E-state index in [4.69, 9.17) is 23.2 Å². The standard InChI is InChI=1S/C14H11Cl2N3O2/c15-9-1-2-11-10(6-9)8(7-17-11)5-13(16)18-14(20)12-3-4-21-19-12/h1-4,6-7,13,17H,5H2,(H,18,20). The second-order valence-electron chi connectivity index (χ2n) is 4.53. The summed E-state index contributed by atoms with van der Waals surface area (Å²) >= 11 is 12.2. The van der Waals surface area contributed by atoms with Gasteiger partial charge < -0.3 is 14.8 Å². The fraction of sp³-hybridized carbons (Fsp3) is 0.143. The van der Waals surface area contributed by atoms with Crippen molar-refractivity contribution in [1.82, 2.24) is 15.5 Å². The summed E-state index contributed by atoms with van der Waals surface area (Å²) in [5, 5.41) is 7.86. The summed E-state index contributed by atoms with van der Waals surface area (Å²) in [6.07, 6.45) is 3.66. The predicted molar refractivity (Wildman–Crippen MR) is 80.6 cm³/mol. The van der Waals surface area contributed by atoms with Crippen LogP contribution in [0.5, 0.6) is 0 Å². The summed E-state index contributed by atoms with van der Waals surface area (Å²) in [6, 6.07) is 7.06. The number of aromatic nitrogens is 2. The minimum atomic E-state index is -0.563. The molecule has 0 fully saturated rings. The van der Waals surface area contributed by atoms with E-state index in [1.165, 1.54) is 12.3 Å². The number of halogens is 2. The Morgan fingerprint density at radius 3 is 3.05 bits per heavy atom. The third-order valence-electron chi connectivity index (χ3n) is 3.09. The number of hydrogen-bond donors (Lipinski definition) is 2. The molecule has 5 nitrogen and oxygen atoms in total. The van der Waals surface area contributed by atoms with Gasteiger partial charge >= 0.3 is 0 Å². The molecule has 2 heterocycles. The lowest BCUT2D eigenvalue weighted by atomic mass is 10.1. The van der Waals surface area contributed by atoms with Gasteiger partial charge in [0.1, 0.15) is 11.8 Å². The number of H-pyrrole nitrogens is 1. The van der Waals surface area contributed by atoms with Crippen LogP contribution < -0.4 is 5.32 Å². The van der Waals surface area contributed by atoms with Crippen LogP contribution in [0, 0.1) is 0 Å². The SMILES string of the molecule is O=C(NC(Cl)Cc1c[nH]c2ccc(Cl)cc12)c1ccon1. The molecule has 0 aliphatic rings. The van der Waals surface area contributed by atoms with Crippen molar-refractivity contribution in [3.05, 3.63) is 53.0 Å². The summed E-state index contributed by atoms with van der Waals surface area (Å²) in [6.45, 7) is 0. The van der Waals surface area contributed by atoms with Crippen molar-refractivity contribution >= 4 is 40.0 Å². The van der Waals surface area contributed by atoms with E-state index in [0.717, 1.165) is 16.5 Å². The molecule has 1 amide bonds. The fourth-order valence-electron chi connectivity index (χ4n) is 2.11. The van der Waals surface area contributed by atoms with Gasteiger partial charge in [-0.05, 0) is 23.8 Å². The second kappa shape index (κ2) is 5.79. The number of rotatable bonds is 4. The van der Waals surface area contributed by atoms with Crippen LogP contribution in [0.15, 0.2) is 41.2 Å². The largest absolute Gasteiger partial charge is 0.364 e. The molecule has 0 radical (unpaired) electrons. The molecule has 1 atom stereocenters. The molecule has 0 aliphatic carbocycles. The summed E-state index contributed by atoms with van der Waals surface area (Å²) in [4.78, 5) is 15.0. The number of carbonyl (C=O) groups is 1. The smallest absolute Gasteiger partial charge is 0.274 e. The first-order valence-electron chi connectivity index (χ1n) is 6.24. The molecule has 108 valence electrons. The number of nitrogens with zero attached hydrogens (tertiary/aromatic N) is 1. The van der Waals surface area contributed by atoms with E-state index in [9.17, 15) is 4.79 Å². The summed E-state index contributed by atoms with van der Waals surface area (Å²) in [5.41, 5.74) is 1.59. The fourth-order valence-corrected chi connectivity index (χ4v) is 2.55. The van der Waals surface area contributed by atoms with E-state index in [1.54, 1.807) is 0 Å². The lowest BCUT2D eigenvalue weighted by molar-refractivity contribution is 0.0940. The third-order valence-corrected chi connectivity index (χ3v) is 3.59. The summed E-state index contributed by atoms with van der Waals surface area (Å²) in [5.74, 6) is -0.373. The van der Waals surface area contributed by atoms with Crippen LogP contribution in [0.3, 0.4) is 0 Å². The highest BCUT2D eigenvalue weighted by atomic mass is 35.5. The number of alkyl halides is 1. The Kier molecular flexibility index (Phi) is 3.86. The molecule has 0 saturated heterocycles. The topological polar surface area (TPSA) is 70.9 Å². The van der Waals surface area contributed by atoms with Gasteiger partial charge in [0.05, 0.1) is 0 Å². The maximum Gasteiger partial charge on any atom is 0.274 e. The Morgan fingerprint density at radius 1 is 1.43 bits per heavy atom. The number of amides is 1. The number of carbonyl (C=O) groups excluding carboxylic acids is 1. The first kappa shape index (κ1) is 14.0. The van der Waals surface area contributed by atoms with Crippen molar-refractivity contribution in [2.24, 2.45) is 0 Å². The van der Waals surface area contributed by atoms with Crippen LogP contribution in [0.4, 0.5) is 0 Å². The molecule has 0 bridgehead atoms. The lowest BCUT2D eigenvalue weighted by Crippen LogP contribution is -2.32. The highest BCUT2D eigenvalue weighted by molar-refractivity contribution is 6.31. The molecule has 7 heteroatoms. The highest BCUT2D eigenvalue weighted by Crippen LogP contribution is 2.23. The molecule has 0 saturated carbocycles. The average molecular weight is 324 g/mol. The molecular weight excluding hydrogens is 313 g/mol. The van der Waals surface area contributed by atoms with Crippen molar-refractivity contribution in [1.29, 1.82) is 0 Å². The van der Waals surface area contributed by atoms with Gasteiger partial charge in [-0.3, -0.25) is 4.79 Å². The zero-order chi connectivity index (χ0) is 14.8. The van der Waals surface area contributed by atoms with Gasteiger partial charge in [-0.2, -0.15) is 0 Å². The molecule has 1 aromatic carbocycles. The maximum absolute atomic E-state index is 11.8.